The molecule has 1 rings (SSSR count). The number of aromatic nitrogens is 2. The van der Waals surface area contributed by atoms with Crippen molar-refractivity contribution in [3.63, 3.8) is 0 Å². The van der Waals surface area contributed by atoms with Gasteiger partial charge in [-0.25, -0.2) is 0 Å². The summed E-state index contributed by atoms with van der Waals surface area (Å²) in [6, 6.07) is -0.597. The van der Waals surface area contributed by atoms with Crippen LogP contribution >= 0.6 is 0 Å². The van der Waals surface area contributed by atoms with Crippen LogP contribution < -0.4 is 5.73 Å². The van der Waals surface area contributed by atoms with Crippen LogP contribution in [0, 0.1) is 6.92 Å². The van der Waals surface area contributed by atoms with Crippen molar-refractivity contribution >= 4 is 0 Å². The third-order valence-corrected chi connectivity index (χ3v) is 2.19. The lowest BCUT2D eigenvalue weighted by atomic mass is 10.0. The second-order valence-corrected chi connectivity index (χ2v) is 3.60. The minimum absolute atomic E-state index is 0.101. The Morgan fingerprint density at radius 2 is 2.13 bits per heavy atom. The lowest BCUT2D eigenvalue weighted by Crippen LogP contribution is -2.16. The minimum Gasteiger partial charge on any atom is -0.324 e. The summed E-state index contributed by atoms with van der Waals surface area (Å²) in [4.78, 5) is 0. The van der Waals surface area contributed by atoms with Gasteiger partial charge in [0.15, 0.2) is 0 Å². The van der Waals surface area contributed by atoms with Crippen LogP contribution in [-0.4, -0.2) is 16.0 Å². The molecule has 1 heterocycles. The number of nitrogens with zero attached hydrogens (tertiary/aromatic N) is 2. The number of halogens is 3. The molecule has 0 aliphatic carbocycles. The first-order chi connectivity index (χ1) is 6.79. The molecular weight excluding hydrogens is 207 g/mol. The van der Waals surface area contributed by atoms with Crippen molar-refractivity contribution in [2.75, 3.05) is 0 Å². The zero-order valence-electron chi connectivity index (χ0n) is 8.67. The van der Waals surface area contributed by atoms with E-state index in [4.69, 9.17) is 5.73 Å². The molecule has 1 unspecified atom stereocenters. The Balaban J connectivity index is 2.61. The van der Waals surface area contributed by atoms with Crippen LogP contribution in [0.3, 0.4) is 0 Å². The maximum absolute atomic E-state index is 12.0. The molecule has 0 aliphatic heterocycles. The van der Waals surface area contributed by atoms with Gasteiger partial charge in [0, 0.05) is 31.3 Å². The van der Waals surface area contributed by atoms with Crippen LogP contribution in [0.25, 0.3) is 0 Å². The quantitative estimate of drug-likeness (QED) is 0.849. The topological polar surface area (TPSA) is 43.8 Å². The highest BCUT2D eigenvalue weighted by atomic mass is 19.4. The fraction of sp³-hybridized carbons (Fsp3) is 0.667. The number of hydrogen-bond acceptors (Lipinski definition) is 2. The summed E-state index contributed by atoms with van der Waals surface area (Å²) < 4.78 is 37.4. The van der Waals surface area contributed by atoms with Gasteiger partial charge in [-0.1, -0.05) is 0 Å². The van der Waals surface area contributed by atoms with Crippen molar-refractivity contribution < 1.29 is 13.2 Å². The Hall–Kier alpha value is -1.04. The van der Waals surface area contributed by atoms with Gasteiger partial charge in [-0.2, -0.15) is 18.3 Å². The molecule has 1 atom stereocenters. The van der Waals surface area contributed by atoms with E-state index in [1.54, 1.807) is 24.9 Å². The highest BCUT2D eigenvalue weighted by Gasteiger charge is 2.28. The Bertz CT molecular complexity index is 330. The molecule has 0 spiro atoms. The summed E-state index contributed by atoms with van der Waals surface area (Å²) in [5.74, 6) is 0. The molecule has 0 amide bonds. The molecule has 0 fully saturated rings. The molecule has 0 bridgehead atoms. The molecule has 15 heavy (non-hydrogen) atoms. The number of hydrogen-bond donors (Lipinski definition) is 1. The van der Waals surface area contributed by atoms with Crippen LogP contribution in [0.5, 0.6) is 0 Å². The lowest BCUT2D eigenvalue weighted by Gasteiger charge is -2.12. The number of nitrogens with two attached hydrogens (primary N) is 1. The summed E-state index contributed by atoms with van der Waals surface area (Å²) in [6.07, 6.45) is -3.44. The largest absolute Gasteiger partial charge is 0.389 e. The summed E-state index contributed by atoms with van der Waals surface area (Å²) in [5.41, 5.74) is 7.03. The van der Waals surface area contributed by atoms with Crippen LogP contribution in [-0.2, 0) is 7.05 Å². The van der Waals surface area contributed by atoms with Crippen LogP contribution in [0.4, 0.5) is 13.2 Å². The molecule has 6 heteroatoms. The summed E-state index contributed by atoms with van der Waals surface area (Å²) in [6.45, 7) is 1.74. The van der Waals surface area contributed by atoms with Crippen LogP contribution in [0.2, 0.25) is 0 Å². The van der Waals surface area contributed by atoms with Gasteiger partial charge < -0.3 is 5.73 Å². The summed E-state index contributed by atoms with van der Waals surface area (Å²) in [7, 11) is 1.72. The molecule has 86 valence electrons. The van der Waals surface area contributed by atoms with Crippen molar-refractivity contribution in [3.05, 3.63) is 17.5 Å². The van der Waals surface area contributed by atoms with E-state index in [0.717, 1.165) is 0 Å². The third-order valence-electron chi connectivity index (χ3n) is 2.19. The fourth-order valence-corrected chi connectivity index (χ4v) is 1.46. The van der Waals surface area contributed by atoms with Gasteiger partial charge in [0.05, 0.1) is 5.69 Å². The lowest BCUT2D eigenvalue weighted by molar-refractivity contribution is -0.136. The SMILES string of the molecule is Cc1nn(C)cc1C(N)CCC(F)(F)F. The molecule has 0 radical (unpaired) electrons. The van der Waals surface area contributed by atoms with Crippen molar-refractivity contribution in [2.24, 2.45) is 12.8 Å². The third kappa shape index (κ3) is 3.54. The average molecular weight is 221 g/mol. The van der Waals surface area contributed by atoms with E-state index in [9.17, 15) is 13.2 Å². The summed E-state index contributed by atoms with van der Waals surface area (Å²) >= 11 is 0. The predicted molar refractivity (Wildman–Crippen MR) is 50.2 cm³/mol. The van der Waals surface area contributed by atoms with Gasteiger partial charge in [-0.3, -0.25) is 4.68 Å². The maximum atomic E-state index is 12.0. The smallest absolute Gasteiger partial charge is 0.324 e. The van der Waals surface area contributed by atoms with Crippen molar-refractivity contribution in [2.45, 2.75) is 32.0 Å². The van der Waals surface area contributed by atoms with Gasteiger partial charge in [0.2, 0.25) is 0 Å². The van der Waals surface area contributed by atoms with Gasteiger partial charge in [0.25, 0.3) is 0 Å². The minimum atomic E-state index is -4.15. The highest BCUT2D eigenvalue weighted by molar-refractivity contribution is 5.19. The molecule has 3 nitrogen and oxygen atoms in total. The van der Waals surface area contributed by atoms with Crippen LogP contribution in [0.1, 0.15) is 30.1 Å². The first-order valence-corrected chi connectivity index (χ1v) is 4.62. The Labute approximate surface area is 86.1 Å². The second kappa shape index (κ2) is 4.22. The Kier molecular flexibility index (Phi) is 3.38. The second-order valence-electron chi connectivity index (χ2n) is 3.60. The van der Waals surface area contributed by atoms with E-state index in [1.807, 2.05) is 0 Å². The van der Waals surface area contributed by atoms with Crippen LogP contribution in [0.15, 0.2) is 6.20 Å². The maximum Gasteiger partial charge on any atom is 0.389 e. The van der Waals surface area contributed by atoms with E-state index in [1.165, 1.54) is 0 Å². The fourth-order valence-electron chi connectivity index (χ4n) is 1.46. The van der Waals surface area contributed by atoms with E-state index in [0.29, 0.717) is 11.3 Å². The Morgan fingerprint density at radius 1 is 1.53 bits per heavy atom. The van der Waals surface area contributed by atoms with Gasteiger partial charge in [-0.15, -0.1) is 0 Å². The van der Waals surface area contributed by atoms with Gasteiger partial charge >= 0.3 is 6.18 Å². The monoisotopic (exact) mass is 221 g/mol. The molecule has 0 saturated heterocycles. The standard InChI is InChI=1S/C9H14F3N3/c1-6-7(5-15(2)14-6)8(13)3-4-9(10,11)12/h5,8H,3-4,13H2,1-2H3. The zero-order valence-corrected chi connectivity index (χ0v) is 8.67. The van der Waals surface area contributed by atoms with Crippen molar-refractivity contribution in [1.29, 1.82) is 0 Å². The average Bonchev–Trinajstić information content (AvgIpc) is 2.40. The van der Waals surface area contributed by atoms with Crippen molar-refractivity contribution in [1.82, 2.24) is 9.78 Å². The highest BCUT2D eigenvalue weighted by Crippen LogP contribution is 2.27. The Morgan fingerprint density at radius 3 is 2.53 bits per heavy atom. The zero-order chi connectivity index (χ0) is 11.6. The van der Waals surface area contributed by atoms with E-state index in [-0.39, 0.29) is 6.42 Å². The molecular formula is C9H14F3N3. The molecule has 0 saturated carbocycles. The molecule has 2 N–H and O–H groups in total. The van der Waals surface area contributed by atoms with Gasteiger partial charge in [0.1, 0.15) is 0 Å². The molecule has 0 aromatic carbocycles. The van der Waals surface area contributed by atoms with Gasteiger partial charge in [-0.05, 0) is 13.3 Å². The molecule has 1 aromatic rings. The number of alkyl halides is 3. The first kappa shape index (κ1) is 12.0. The summed E-state index contributed by atoms with van der Waals surface area (Å²) in [5, 5.41) is 4.03. The number of aryl methyl sites for hydroxylation is 2. The van der Waals surface area contributed by atoms with Crippen molar-refractivity contribution in [3.8, 4) is 0 Å². The molecule has 0 aliphatic rings. The molecule has 1 aromatic heterocycles. The predicted octanol–water partition coefficient (Wildman–Crippen LogP) is 2.07. The first-order valence-electron chi connectivity index (χ1n) is 4.62. The van der Waals surface area contributed by atoms with E-state index < -0.39 is 18.6 Å². The van der Waals surface area contributed by atoms with E-state index >= 15 is 0 Å². The normalized spacial score (nSPS) is 14.3. The number of rotatable bonds is 3. The van der Waals surface area contributed by atoms with E-state index in [2.05, 4.69) is 5.10 Å².